The fourth-order valence-corrected chi connectivity index (χ4v) is 2.73. The first-order chi connectivity index (χ1) is 9.81. The zero-order valence-corrected chi connectivity index (χ0v) is 11.2. The van der Waals surface area contributed by atoms with E-state index in [4.69, 9.17) is 5.73 Å². The van der Waals surface area contributed by atoms with Gasteiger partial charge in [0.1, 0.15) is 4.90 Å². The number of hydrogen-bond acceptors (Lipinski definition) is 6. The molecular formula is C11H9FN4O4S. The van der Waals surface area contributed by atoms with Crippen molar-refractivity contribution in [2.45, 2.75) is 4.90 Å². The van der Waals surface area contributed by atoms with E-state index in [1.54, 1.807) is 0 Å². The number of rotatable bonds is 4. The van der Waals surface area contributed by atoms with Crippen molar-refractivity contribution in [2.24, 2.45) is 0 Å². The average molecular weight is 312 g/mol. The van der Waals surface area contributed by atoms with Gasteiger partial charge in [0.25, 0.3) is 15.7 Å². The largest absolute Gasteiger partial charge is 0.397 e. The lowest BCUT2D eigenvalue weighted by molar-refractivity contribution is -0.384. The van der Waals surface area contributed by atoms with Crippen LogP contribution in [0, 0.1) is 15.9 Å². The van der Waals surface area contributed by atoms with E-state index >= 15 is 0 Å². The third-order valence-electron chi connectivity index (χ3n) is 2.51. The Labute approximate surface area is 118 Å². The van der Waals surface area contributed by atoms with Gasteiger partial charge in [-0.25, -0.2) is 12.8 Å². The van der Waals surface area contributed by atoms with Crippen LogP contribution in [0.15, 0.2) is 41.6 Å². The molecule has 1 aromatic heterocycles. The quantitative estimate of drug-likeness (QED) is 0.500. The lowest BCUT2D eigenvalue weighted by Crippen LogP contribution is -2.16. The minimum atomic E-state index is -4.17. The molecule has 110 valence electrons. The van der Waals surface area contributed by atoms with E-state index in [0.29, 0.717) is 0 Å². The van der Waals surface area contributed by atoms with Gasteiger partial charge in [-0.1, -0.05) is 0 Å². The van der Waals surface area contributed by atoms with E-state index in [1.165, 1.54) is 6.20 Å². The highest BCUT2D eigenvalue weighted by Gasteiger charge is 2.21. The molecule has 0 atom stereocenters. The van der Waals surface area contributed by atoms with Crippen LogP contribution in [0.25, 0.3) is 0 Å². The van der Waals surface area contributed by atoms with Crippen molar-refractivity contribution in [2.75, 3.05) is 10.5 Å². The molecule has 0 aliphatic heterocycles. The monoisotopic (exact) mass is 312 g/mol. The normalized spacial score (nSPS) is 11.1. The number of nitrogens with two attached hydrogens (primary N) is 1. The van der Waals surface area contributed by atoms with Gasteiger partial charge < -0.3 is 5.73 Å². The van der Waals surface area contributed by atoms with E-state index in [-0.39, 0.29) is 22.0 Å². The fraction of sp³-hybridized carbons (Fsp3) is 0. The molecule has 0 amide bonds. The molecule has 0 saturated heterocycles. The van der Waals surface area contributed by atoms with Gasteiger partial charge >= 0.3 is 0 Å². The van der Waals surface area contributed by atoms with Crippen LogP contribution in [0.1, 0.15) is 0 Å². The number of nitrogens with zero attached hydrogens (tertiary/aromatic N) is 2. The molecular weight excluding hydrogens is 303 g/mol. The Morgan fingerprint density at radius 2 is 2.05 bits per heavy atom. The number of pyridine rings is 1. The van der Waals surface area contributed by atoms with Crippen LogP contribution < -0.4 is 10.5 Å². The number of halogens is 1. The van der Waals surface area contributed by atoms with Crippen molar-refractivity contribution in [3.63, 3.8) is 0 Å². The predicted molar refractivity (Wildman–Crippen MR) is 72.5 cm³/mol. The van der Waals surface area contributed by atoms with Gasteiger partial charge in [-0.2, -0.15) is 0 Å². The predicted octanol–water partition coefficient (Wildman–Crippen LogP) is 1.51. The minimum Gasteiger partial charge on any atom is -0.397 e. The smallest absolute Gasteiger partial charge is 0.271 e. The van der Waals surface area contributed by atoms with Crippen molar-refractivity contribution in [1.29, 1.82) is 0 Å². The van der Waals surface area contributed by atoms with E-state index in [9.17, 15) is 22.9 Å². The Kier molecular flexibility index (Phi) is 3.72. The first kappa shape index (κ1) is 14.7. The van der Waals surface area contributed by atoms with Gasteiger partial charge in [0, 0.05) is 18.3 Å². The van der Waals surface area contributed by atoms with Gasteiger partial charge in [0.05, 0.1) is 22.5 Å². The van der Waals surface area contributed by atoms with Gasteiger partial charge in [0.2, 0.25) is 0 Å². The molecule has 0 saturated carbocycles. The first-order valence-electron chi connectivity index (χ1n) is 5.47. The molecule has 3 N–H and O–H groups in total. The van der Waals surface area contributed by atoms with E-state index in [1.807, 2.05) is 4.72 Å². The summed E-state index contributed by atoms with van der Waals surface area (Å²) in [6, 6.07) is 4.02. The SMILES string of the molecule is Nc1cc([N+](=O)[O-])ccc1S(=O)(=O)Nc1ccncc1F. The van der Waals surface area contributed by atoms with Crippen LogP contribution in [-0.4, -0.2) is 18.3 Å². The van der Waals surface area contributed by atoms with Crippen molar-refractivity contribution in [3.8, 4) is 0 Å². The van der Waals surface area contributed by atoms with Crippen molar-refractivity contribution in [1.82, 2.24) is 4.98 Å². The zero-order valence-electron chi connectivity index (χ0n) is 10.4. The fourth-order valence-electron chi connectivity index (χ4n) is 1.55. The zero-order chi connectivity index (χ0) is 15.6. The molecule has 8 nitrogen and oxygen atoms in total. The number of non-ortho nitro benzene ring substituents is 1. The summed E-state index contributed by atoms with van der Waals surface area (Å²) in [5.74, 6) is -0.860. The Hall–Kier alpha value is -2.75. The van der Waals surface area contributed by atoms with Gasteiger partial charge in [0.15, 0.2) is 5.82 Å². The Bertz CT molecular complexity index is 810. The lowest BCUT2D eigenvalue weighted by atomic mass is 10.3. The molecule has 1 heterocycles. The maximum atomic E-state index is 13.4. The van der Waals surface area contributed by atoms with Crippen molar-refractivity contribution >= 4 is 27.1 Å². The molecule has 1 aromatic carbocycles. The number of sulfonamides is 1. The Morgan fingerprint density at radius 3 is 2.62 bits per heavy atom. The second kappa shape index (κ2) is 5.32. The van der Waals surface area contributed by atoms with Crippen LogP contribution in [0.2, 0.25) is 0 Å². The number of hydrogen-bond donors (Lipinski definition) is 2. The summed E-state index contributed by atoms with van der Waals surface area (Å²) >= 11 is 0. The molecule has 10 heteroatoms. The molecule has 0 radical (unpaired) electrons. The number of nitro benzene ring substituents is 1. The number of nitrogen functional groups attached to an aromatic ring is 1. The number of nitrogens with one attached hydrogen (secondary N) is 1. The second-order valence-corrected chi connectivity index (χ2v) is 5.59. The number of anilines is 2. The van der Waals surface area contributed by atoms with Crippen molar-refractivity contribution < 1.29 is 17.7 Å². The Balaban J connectivity index is 2.41. The Morgan fingerprint density at radius 1 is 1.33 bits per heavy atom. The topological polar surface area (TPSA) is 128 Å². The third kappa shape index (κ3) is 3.05. The average Bonchev–Trinajstić information content (AvgIpc) is 2.40. The maximum absolute atomic E-state index is 13.4. The molecule has 2 rings (SSSR count). The number of aromatic nitrogens is 1. The van der Waals surface area contributed by atoms with Crippen LogP contribution in [0.4, 0.5) is 21.5 Å². The summed E-state index contributed by atoms with van der Waals surface area (Å²) in [6.07, 6.45) is 2.05. The standard InChI is InChI=1S/C11H9FN4O4S/c12-8-6-14-4-3-10(8)15-21(19,20)11-2-1-7(16(17)18)5-9(11)13/h1-6H,13H2,(H,14,15). The van der Waals surface area contributed by atoms with Gasteiger partial charge in [-0.05, 0) is 12.1 Å². The molecule has 0 fully saturated rings. The van der Waals surface area contributed by atoms with Crippen LogP contribution in [-0.2, 0) is 10.0 Å². The molecule has 0 unspecified atom stereocenters. The molecule has 0 aliphatic rings. The summed E-state index contributed by atoms with van der Waals surface area (Å²) < 4.78 is 39.6. The van der Waals surface area contributed by atoms with E-state index in [2.05, 4.69) is 4.98 Å². The molecule has 0 spiro atoms. The van der Waals surface area contributed by atoms with E-state index in [0.717, 1.165) is 30.5 Å². The second-order valence-electron chi connectivity index (χ2n) is 3.94. The number of nitro groups is 1. The summed E-state index contributed by atoms with van der Waals surface area (Å²) in [5, 5.41) is 10.6. The minimum absolute atomic E-state index is 0.303. The third-order valence-corrected chi connectivity index (χ3v) is 3.95. The molecule has 2 aromatic rings. The highest BCUT2D eigenvalue weighted by atomic mass is 32.2. The first-order valence-corrected chi connectivity index (χ1v) is 6.96. The van der Waals surface area contributed by atoms with Crippen LogP contribution >= 0.6 is 0 Å². The molecule has 0 aliphatic carbocycles. The van der Waals surface area contributed by atoms with Gasteiger partial charge in [-0.15, -0.1) is 0 Å². The van der Waals surface area contributed by atoms with Crippen LogP contribution in [0.3, 0.4) is 0 Å². The van der Waals surface area contributed by atoms with Gasteiger partial charge in [-0.3, -0.25) is 19.8 Å². The highest BCUT2D eigenvalue weighted by Crippen LogP contribution is 2.26. The van der Waals surface area contributed by atoms with Crippen molar-refractivity contribution in [3.05, 3.63) is 52.6 Å². The summed E-state index contributed by atoms with van der Waals surface area (Å²) in [7, 11) is -4.17. The summed E-state index contributed by atoms with van der Waals surface area (Å²) in [4.78, 5) is 13.0. The lowest BCUT2D eigenvalue weighted by Gasteiger charge is -2.10. The summed E-state index contributed by atoms with van der Waals surface area (Å²) in [6.45, 7) is 0. The summed E-state index contributed by atoms with van der Waals surface area (Å²) in [5.41, 5.74) is 4.54. The highest BCUT2D eigenvalue weighted by molar-refractivity contribution is 7.92. The maximum Gasteiger partial charge on any atom is 0.271 e. The van der Waals surface area contributed by atoms with Crippen LogP contribution in [0.5, 0.6) is 0 Å². The molecule has 0 bridgehead atoms. The molecule has 21 heavy (non-hydrogen) atoms. The van der Waals surface area contributed by atoms with E-state index < -0.39 is 20.8 Å². The number of benzene rings is 1.